The Kier molecular flexibility index (Phi) is 2.68. The van der Waals surface area contributed by atoms with Crippen molar-refractivity contribution in [3.63, 3.8) is 0 Å². The third-order valence-corrected chi connectivity index (χ3v) is 2.85. The molecule has 1 aromatic carbocycles. The van der Waals surface area contributed by atoms with Gasteiger partial charge in [0.1, 0.15) is 6.10 Å². The van der Waals surface area contributed by atoms with Crippen molar-refractivity contribution in [2.24, 2.45) is 0 Å². The van der Waals surface area contributed by atoms with Crippen molar-refractivity contribution in [3.05, 3.63) is 54.6 Å². The molecule has 0 bridgehead atoms. The Labute approximate surface area is 105 Å². The molecule has 0 amide bonds. The number of pyridine rings is 1. The van der Waals surface area contributed by atoms with Crippen LogP contribution in [0.1, 0.15) is 18.7 Å². The number of ether oxygens (including phenoxy) is 1. The van der Waals surface area contributed by atoms with E-state index in [4.69, 9.17) is 4.74 Å². The maximum absolute atomic E-state index is 5.72. The molecule has 0 fully saturated rings. The number of nitrogens with zero attached hydrogens (tertiary/aromatic N) is 2. The highest BCUT2D eigenvalue weighted by Gasteiger charge is 2.13. The van der Waals surface area contributed by atoms with Gasteiger partial charge in [-0.1, -0.05) is 24.3 Å². The predicted molar refractivity (Wildman–Crippen MR) is 69.4 cm³/mol. The number of aromatic nitrogens is 3. The maximum atomic E-state index is 5.72. The quantitative estimate of drug-likeness (QED) is 0.764. The van der Waals surface area contributed by atoms with E-state index in [1.54, 1.807) is 18.6 Å². The Morgan fingerprint density at radius 2 is 2.00 bits per heavy atom. The smallest absolute Gasteiger partial charge is 0.294 e. The summed E-state index contributed by atoms with van der Waals surface area (Å²) in [5, 5.41) is 2.27. The largest absolute Gasteiger partial charge is 0.455 e. The lowest BCUT2D eigenvalue weighted by atomic mass is 10.1. The molecule has 0 aliphatic rings. The standard InChI is InChI=1S/C14H13N3O/c1-10(18-14-16-8-9-17-14)13-12-5-3-2-4-11(12)6-7-15-13/h2-10H,1H3,(H,16,17). The van der Waals surface area contributed by atoms with E-state index >= 15 is 0 Å². The van der Waals surface area contributed by atoms with Crippen LogP contribution in [0.3, 0.4) is 0 Å². The number of aromatic amines is 1. The average molecular weight is 239 g/mol. The first-order chi connectivity index (χ1) is 8.84. The Hall–Kier alpha value is -2.36. The second-order valence-electron chi connectivity index (χ2n) is 4.07. The van der Waals surface area contributed by atoms with Crippen LogP contribution in [0.2, 0.25) is 0 Å². The van der Waals surface area contributed by atoms with Crippen LogP contribution in [-0.4, -0.2) is 15.0 Å². The van der Waals surface area contributed by atoms with Gasteiger partial charge >= 0.3 is 0 Å². The fourth-order valence-corrected chi connectivity index (χ4v) is 2.01. The van der Waals surface area contributed by atoms with E-state index in [9.17, 15) is 0 Å². The van der Waals surface area contributed by atoms with E-state index in [0.29, 0.717) is 6.01 Å². The van der Waals surface area contributed by atoms with Gasteiger partial charge in [0, 0.05) is 24.0 Å². The molecule has 2 heterocycles. The third-order valence-electron chi connectivity index (χ3n) is 2.85. The predicted octanol–water partition coefficient (Wildman–Crippen LogP) is 3.10. The van der Waals surface area contributed by atoms with Gasteiger partial charge in [-0.15, -0.1) is 0 Å². The molecule has 3 rings (SSSR count). The molecule has 2 aromatic heterocycles. The van der Waals surface area contributed by atoms with Crippen molar-refractivity contribution >= 4 is 10.8 Å². The van der Waals surface area contributed by atoms with Crippen molar-refractivity contribution in [1.82, 2.24) is 15.0 Å². The number of imidazole rings is 1. The zero-order valence-electron chi connectivity index (χ0n) is 10.00. The molecule has 4 nitrogen and oxygen atoms in total. The number of rotatable bonds is 3. The minimum atomic E-state index is -0.151. The zero-order valence-corrected chi connectivity index (χ0v) is 10.00. The minimum Gasteiger partial charge on any atom is -0.455 e. The summed E-state index contributed by atoms with van der Waals surface area (Å²) in [7, 11) is 0. The van der Waals surface area contributed by atoms with Gasteiger partial charge in [-0.3, -0.25) is 4.98 Å². The molecule has 0 aliphatic heterocycles. The molecule has 4 heteroatoms. The third kappa shape index (κ3) is 1.93. The molecular weight excluding hydrogens is 226 g/mol. The number of hydrogen-bond donors (Lipinski definition) is 1. The summed E-state index contributed by atoms with van der Waals surface area (Å²) in [5.41, 5.74) is 0.921. The lowest BCUT2D eigenvalue weighted by Crippen LogP contribution is -2.06. The zero-order chi connectivity index (χ0) is 12.4. The van der Waals surface area contributed by atoms with E-state index in [0.717, 1.165) is 16.5 Å². The Morgan fingerprint density at radius 3 is 2.83 bits per heavy atom. The highest BCUT2D eigenvalue weighted by molar-refractivity contribution is 5.84. The van der Waals surface area contributed by atoms with E-state index in [2.05, 4.69) is 27.1 Å². The van der Waals surface area contributed by atoms with E-state index in [-0.39, 0.29) is 6.10 Å². The molecule has 0 spiro atoms. The Bertz CT molecular complexity index is 644. The highest BCUT2D eigenvalue weighted by atomic mass is 16.5. The summed E-state index contributed by atoms with van der Waals surface area (Å²) in [5.74, 6) is 0. The van der Waals surface area contributed by atoms with Gasteiger partial charge in [-0.25, -0.2) is 4.98 Å². The monoisotopic (exact) mass is 239 g/mol. The van der Waals surface area contributed by atoms with Crippen LogP contribution >= 0.6 is 0 Å². The SMILES string of the molecule is CC(Oc1ncc[nH]1)c1nccc2ccccc12. The summed E-state index contributed by atoms with van der Waals surface area (Å²) in [4.78, 5) is 11.4. The molecule has 0 saturated heterocycles. The van der Waals surface area contributed by atoms with E-state index < -0.39 is 0 Å². The Morgan fingerprint density at radius 1 is 1.11 bits per heavy atom. The molecule has 1 N–H and O–H groups in total. The average Bonchev–Trinajstić information content (AvgIpc) is 2.91. The number of nitrogens with one attached hydrogen (secondary N) is 1. The normalized spacial score (nSPS) is 12.5. The van der Waals surface area contributed by atoms with Crippen LogP contribution in [0.25, 0.3) is 10.8 Å². The van der Waals surface area contributed by atoms with Gasteiger partial charge in [0.15, 0.2) is 0 Å². The molecule has 0 aliphatic carbocycles. The highest BCUT2D eigenvalue weighted by Crippen LogP contribution is 2.24. The van der Waals surface area contributed by atoms with E-state index in [1.165, 1.54) is 0 Å². The van der Waals surface area contributed by atoms with Gasteiger partial charge in [0.2, 0.25) is 0 Å². The van der Waals surface area contributed by atoms with Gasteiger partial charge < -0.3 is 9.72 Å². The van der Waals surface area contributed by atoms with Crippen LogP contribution < -0.4 is 4.74 Å². The van der Waals surface area contributed by atoms with Crippen LogP contribution in [0.4, 0.5) is 0 Å². The second kappa shape index (κ2) is 4.49. The number of fused-ring (bicyclic) bond motifs is 1. The molecule has 0 saturated carbocycles. The molecular formula is C14H13N3O. The van der Waals surface area contributed by atoms with Gasteiger partial charge in [-0.05, 0) is 18.4 Å². The van der Waals surface area contributed by atoms with Gasteiger partial charge in [-0.2, -0.15) is 0 Å². The first kappa shape index (κ1) is 10.8. The fourth-order valence-electron chi connectivity index (χ4n) is 2.01. The number of H-pyrrole nitrogens is 1. The van der Waals surface area contributed by atoms with Crippen molar-refractivity contribution < 1.29 is 4.74 Å². The van der Waals surface area contributed by atoms with Crippen LogP contribution in [-0.2, 0) is 0 Å². The summed E-state index contributed by atoms with van der Waals surface area (Å²) < 4.78 is 5.72. The molecule has 1 unspecified atom stereocenters. The lowest BCUT2D eigenvalue weighted by molar-refractivity contribution is 0.206. The van der Waals surface area contributed by atoms with Crippen molar-refractivity contribution in [1.29, 1.82) is 0 Å². The fraction of sp³-hybridized carbons (Fsp3) is 0.143. The van der Waals surface area contributed by atoms with Crippen LogP contribution in [0.5, 0.6) is 6.01 Å². The number of benzene rings is 1. The molecule has 0 radical (unpaired) electrons. The minimum absolute atomic E-state index is 0.151. The Balaban J connectivity index is 1.98. The summed E-state index contributed by atoms with van der Waals surface area (Å²) in [6, 6.07) is 10.7. The van der Waals surface area contributed by atoms with Crippen LogP contribution in [0.15, 0.2) is 48.9 Å². The van der Waals surface area contributed by atoms with Gasteiger partial charge in [0.25, 0.3) is 6.01 Å². The molecule has 18 heavy (non-hydrogen) atoms. The van der Waals surface area contributed by atoms with Crippen molar-refractivity contribution in [3.8, 4) is 6.01 Å². The maximum Gasteiger partial charge on any atom is 0.294 e. The summed E-state index contributed by atoms with van der Waals surface area (Å²) in [6.45, 7) is 1.97. The summed E-state index contributed by atoms with van der Waals surface area (Å²) in [6.07, 6.45) is 5.05. The molecule has 1 atom stereocenters. The molecule has 3 aromatic rings. The number of hydrogen-bond acceptors (Lipinski definition) is 3. The lowest BCUT2D eigenvalue weighted by Gasteiger charge is -2.13. The second-order valence-corrected chi connectivity index (χ2v) is 4.07. The first-order valence-corrected chi connectivity index (χ1v) is 5.84. The summed E-state index contributed by atoms with van der Waals surface area (Å²) >= 11 is 0. The van der Waals surface area contributed by atoms with Crippen LogP contribution in [0, 0.1) is 0 Å². The first-order valence-electron chi connectivity index (χ1n) is 5.84. The van der Waals surface area contributed by atoms with Crippen molar-refractivity contribution in [2.75, 3.05) is 0 Å². The molecule has 90 valence electrons. The van der Waals surface area contributed by atoms with Gasteiger partial charge in [0.05, 0.1) is 5.69 Å². The van der Waals surface area contributed by atoms with E-state index in [1.807, 2.05) is 25.1 Å². The van der Waals surface area contributed by atoms with Crippen molar-refractivity contribution in [2.45, 2.75) is 13.0 Å². The topological polar surface area (TPSA) is 50.8 Å².